The minimum atomic E-state index is 0.0885. The highest BCUT2D eigenvalue weighted by Crippen LogP contribution is 2.57. The van der Waals surface area contributed by atoms with E-state index >= 15 is 0 Å². The Hall–Kier alpha value is -4.62. The van der Waals surface area contributed by atoms with Crippen molar-refractivity contribution in [3.63, 3.8) is 0 Å². The van der Waals surface area contributed by atoms with E-state index in [0.717, 1.165) is 5.69 Å². The van der Waals surface area contributed by atoms with Crippen molar-refractivity contribution in [2.24, 2.45) is 0 Å². The maximum atomic E-state index is 6.18. The van der Waals surface area contributed by atoms with Crippen LogP contribution in [0.2, 0.25) is 0 Å². The van der Waals surface area contributed by atoms with E-state index in [-0.39, 0.29) is 10.8 Å². The summed E-state index contributed by atoms with van der Waals surface area (Å²) < 4.78 is 0. The van der Waals surface area contributed by atoms with Crippen LogP contribution >= 0.6 is 0 Å². The van der Waals surface area contributed by atoms with Gasteiger partial charge in [0.05, 0.1) is 0 Å². The lowest BCUT2D eigenvalue weighted by Gasteiger charge is -2.23. The number of nitrogen functional groups attached to an aromatic ring is 1. The van der Waals surface area contributed by atoms with Gasteiger partial charge in [0, 0.05) is 5.69 Å². The molecule has 212 valence electrons. The zero-order chi connectivity index (χ0) is 30.1. The molecule has 7 rings (SSSR count). The summed E-state index contributed by atoms with van der Waals surface area (Å²) in [5, 5.41) is 2.62. The second-order valence-electron chi connectivity index (χ2n) is 14.1. The van der Waals surface area contributed by atoms with Gasteiger partial charge in [0.2, 0.25) is 0 Å². The molecule has 0 heterocycles. The molecule has 0 aromatic heterocycles. The molecule has 0 bridgehead atoms. The van der Waals surface area contributed by atoms with Crippen LogP contribution in [0.1, 0.15) is 52.7 Å². The van der Waals surface area contributed by atoms with E-state index in [1.54, 1.807) is 0 Å². The lowest BCUT2D eigenvalue weighted by molar-refractivity contribution is 0.590. The van der Waals surface area contributed by atoms with Crippen molar-refractivity contribution in [1.82, 2.24) is 0 Å². The van der Waals surface area contributed by atoms with E-state index in [0.29, 0.717) is 0 Å². The maximum absolute atomic E-state index is 6.18. The number of nitrogens with two attached hydrogens (primary N) is 1. The third kappa shape index (κ3) is 4.55. The second kappa shape index (κ2) is 9.71. The average Bonchev–Trinajstić information content (AvgIpc) is 3.32. The van der Waals surface area contributed by atoms with Gasteiger partial charge in [-0.3, -0.25) is 0 Å². The fourth-order valence-corrected chi connectivity index (χ4v) is 6.69. The molecule has 0 radical (unpaired) electrons. The van der Waals surface area contributed by atoms with Crippen LogP contribution in [0.5, 0.6) is 0 Å². The van der Waals surface area contributed by atoms with Gasteiger partial charge in [-0.25, -0.2) is 0 Å². The van der Waals surface area contributed by atoms with Gasteiger partial charge in [-0.15, -0.1) is 0 Å². The van der Waals surface area contributed by atoms with Gasteiger partial charge in [0.15, 0.2) is 0 Å². The largest absolute Gasteiger partial charge is 0.399 e. The summed E-state index contributed by atoms with van der Waals surface area (Å²) in [7, 11) is 0. The van der Waals surface area contributed by atoms with Crippen LogP contribution in [0.3, 0.4) is 0 Å². The van der Waals surface area contributed by atoms with Crippen LogP contribution in [0.25, 0.3) is 66.4 Å². The van der Waals surface area contributed by atoms with Crippen molar-refractivity contribution < 1.29 is 0 Å². The van der Waals surface area contributed by atoms with E-state index in [4.69, 9.17) is 5.73 Å². The molecule has 0 atom stereocenters. The molecule has 0 aliphatic heterocycles. The molecule has 0 saturated heterocycles. The van der Waals surface area contributed by atoms with E-state index in [2.05, 4.69) is 145 Å². The van der Waals surface area contributed by atoms with Crippen molar-refractivity contribution in [3.8, 4) is 55.6 Å². The third-order valence-corrected chi connectivity index (χ3v) is 9.09. The van der Waals surface area contributed by atoms with E-state index in [1.165, 1.54) is 77.5 Å². The summed E-state index contributed by atoms with van der Waals surface area (Å²) in [6.07, 6.45) is 0. The van der Waals surface area contributed by atoms with Gasteiger partial charge >= 0.3 is 0 Å². The van der Waals surface area contributed by atoms with Gasteiger partial charge < -0.3 is 5.73 Å². The van der Waals surface area contributed by atoms with Gasteiger partial charge in [-0.1, -0.05) is 139 Å². The zero-order valence-electron chi connectivity index (χ0n) is 26.0. The Morgan fingerprint density at radius 3 is 1.37 bits per heavy atom. The van der Waals surface area contributed by atoms with Crippen molar-refractivity contribution in [2.45, 2.75) is 52.4 Å². The average molecular weight is 558 g/mol. The molecule has 43 heavy (non-hydrogen) atoms. The molecule has 0 amide bonds. The summed E-state index contributed by atoms with van der Waals surface area (Å²) in [6.45, 7) is 13.6. The van der Waals surface area contributed by atoms with Crippen LogP contribution in [0, 0.1) is 0 Å². The summed E-state index contributed by atoms with van der Waals surface area (Å²) in [5.74, 6) is 0. The summed E-state index contributed by atoms with van der Waals surface area (Å²) in [6, 6.07) is 42.7. The monoisotopic (exact) mass is 557 g/mol. The van der Waals surface area contributed by atoms with Crippen molar-refractivity contribution in [2.75, 3.05) is 5.73 Å². The van der Waals surface area contributed by atoms with Crippen molar-refractivity contribution in [1.29, 1.82) is 0 Å². The topological polar surface area (TPSA) is 26.0 Å². The molecule has 0 spiro atoms. The van der Waals surface area contributed by atoms with Gasteiger partial charge in [-0.05, 0) is 107 Å². The Kier molecular flexibility index (Phi) is 6.15. The smallest absolute Gasteiger partial charge is 0.0314 e. The van der Waals surface area contributed by atoms with E-state index < -0.39 is 0 Å². The highest BCUT2D eigenvalue weighted by atomic mass is 14.5. The third-order valence-electron chi connectivity index (χ3n) is 9.09. The van der Waals surface area contributed by atoms with Crippen LogP contribution < -0.4 is 5.73 Å². The highest BCUT2D eigenvalue weighted by Gasteiger charge is 2.30. The number of anilines is 1. The second-order valence-corrected chi connectivity index (χ2v) is 14.1. The standard InChI is InChI=1S/C42H39N/c1-41(2,3)30-19-13-26(14-20-30)36-25-35(27-17-23-32(43)24-18-27)38(29-15-21-31(22-16-29)42(4,5)6)40-34-12-8-10-28-9-7-11-33(37(28)34)39(36)40/h7-25H,43H2,1-6H3. The SMILES string of the molecule is CC(C)(C)c1ccc(-c2cc(-c3ccc(N)cc3)c(-c3ccc(C(C)(C)C)cc3)c3c2-c2cccc4cccc-3c24)cc1. The van der Waals surface area contributed by atoms with E-state index in [9.17, 15) is 0 Å². The van der Waals surface area contributed by atoms with Crippen molar-refractivity contribution in [3.05, 3.63) is 126 Å². The van der Waals surface area contributed by atoms with E-state index in [1.807, 2.05) is 12.1 Å². The highest BCUT2D eigenvalue weighted by molar-refractivity contribution is 6.22. The predicted octanol–water partition coefficient (Wildman–Crippen LogP) is 11.7. The Labute approximate surface area is 256 Å². The lowest BCUT2D eigenvalue weighted by Crippen LogP contribution is -2.10. The summed E-state index contributed by atoms with van der Waals surface area (Å²) in [5.41, 5.74) is 22.5. The molecular formula is C42H39N. The Bertz CT molecular complexity index is 1990. The molecule has 1 aliphatic carbocycles. The Morgan fingerprint density at radius 2 is 0.860 bits per heavy atom. The molecule has 6 aromatic rings. The lowest BCUT2D eigenvalue weighted by atomic mass is 9.80. The number of hydrogen-bond acceptors (Lipinski definition) is 1. The van der Waals surface area contributed by atoms with Crippen LogP contribution in [-0.4, -0.2) is 0 Å². The normalized spacial score (nSPS) is 12.5. The fraction of sp³-hybridized carbons (Fsp3) is 0.190. The van der Waals surface area contributed by atoms with Crippen LogP contribution in [0.4, 0.5) is 5.69 Å². The predicted molar refractivity (Wildman–Crippen MR) is 186 cm³/mol. The van der Waals surface area contributed by atoms with Crippen LogP contribution in [0.15, 0.2) is 115 Å². The number of rotatable bonds is 3. The first-order valence-electron chi connectivity index (χ1n) is 15.3. The van der Waals surface area contributed by atoms with Gasteiger partial charge in [-0.2, -0.15) is 0 Å². The minimum absolute atomic E-state index is 0.0885. The number of fused-ring (bicyclic) bond motifs is 3. The first kappa shape index (κ1) is 27.2. The Morgan fingerprint density at radius 1 is 0.419 bits per heavy atom. The number of benzene rings is 6. The molecule has 0 unspecified atom stereocenters. The summed E-state index contributed by atoms with van der Waals surface area (Å²) in [4.78, 5) is 0. The molecule has 0 fully saturated rings. The molecule has 2 N–H and O–H groups in total. The molecular weight excluding hydrogens is 518 g/mol. The summed E-state index contributed by atoms with van der Waals surface area (Å²) >= 11 is 0. The van der Waals surface area contributed by atoms with Gasteiger partial charge in [0.1, 0.15) is 0 Å². The van der Waals surface area contributed by atoms with Gasteiger partial charge in [0.25, 0.3) is 0 Å². The fourth-order valence-electron chi connectivity index (χ4n) is 6.69. The first-order valence-corrected chi connectivity index (χ1v) is 15.3. The molecule has 0 saturated carbocycles. The maximum Gasteiger partial charge on any atom is 0.0314 e. The first-order chi connectivity index (χ1) is 20.5. The van der Waals surface area contributed by atoms with Crippen molar-refractivity contribution >= 4 is 16.5 Å². The van der Waals surface area contributed by atoms with Crippen LogP contribution in [-0.2, 0) is 10.8 Å². The number of hydrogen-bond donors (Lipinski definition) is 1. The minimum Gasteiger partial charge on any atom is -0.399 e. The molecule has 1 heteroatoms. The quantitative estimate of drug-likeness (QED) is 0.215. The molecule has 6 aromatic carbocycles. The Balaban J connectivity index is 1.60. The molecule has 1 aliphatic rings. The molecule has 1 nitrogen and oxygen atoms in total. The zero-order valence-corrected chi connectivity index (χ0v) is 26.0.